The highest BCUT2D eigenvalue weighted by atomic mass is 32.2. The Bertz CT molecular complexity index is 2020. The Morgan fingerprint density at radius 3 is 0.769 bits per heavy atom. The van der Waals surface area contributed by atoms with E-state index in [0.29, 0.717) is 38.9 Å². The van der Waals surface area contributed by atoms with Crippen LogP contribution < -0.4 is 0 Å². The van der Waals surface area contributed by atoms with Crippen molar-refractivity contribution in [3.63, 3.8) is 0 Å². The van der Waals surface area contributed by atoms with Gasteiger partial charge in [-0.15, -0.1) is 0 Å². The Kier molecular flexibility index (Phi) is 85.5. The predicted octanol–water partition coefficient (Wildman–Crippen LogP) is 27.0. The smallest absolute Gasteiger partial charge is 0.306 e. The molecular formula is C92H176N4O10S2. The molecule has 0 heterocycles. The van der Waals surface area contributed by atoms with Gasteiger partial charge in [0.25, 0.3) is 10.5 Å². The average Bonchev–Trinajstić information content (AvgIpc) is 0.956. The van der Waals surface area contributed by atoms with Crippen molar-refractivity contribution in [3.05, 3.63) is 24.3 Å². The SMILES string of the molecule is CCCCCC/C=C\COC(=O)CCCCCCCN(CCCCCCCC(=O)OC(CCCCCCC)CCCCCCC)C(=O)SCCN(C)C.CCCCCC/C=C\COC(=O)CCCCCCCN(CCCCCCCC(=O)OC(CCCCCCCC)CCCCCCCC)C(=O)SCCN(C)C. The highest BCUT2D eigenvalue weighted by Gasteiger charge is 2.19. The van der Waals surface area contributed by atoms with E-state index >= 15 is 0 Å². The Morgan fingerprint density at radius 1 is 0.269 bits per heavy atom. The van der Waals surface area contributed by atoms with Crippen LogP contribution in [0.5, 0.6) is 0 Å². The van der Waals surface area contributed by atoms with Crippen LogP contribution in [0.2, 0.25) is 0 Å². The van der Waals surface area contributed by atoms with E-state index in [9.17, 15) is 28.8 Å². The molecule has 0 aromatic rings. The van der Waals surface area contributed by atoms with Crippen LogP contribution in [0.15, 0.2) is 24.3 Å². The molecule has 636 valence electrons. The molecule has 0 bridgehead atoms. The Hall–Kier alpha value is -3.08. The molecule has 16 heteroatoms. The molecule has 0 aromatic heterocycles. The summed E-state index contributed by atoms with van der Waals surface area (Å²) in [4.78, 5) is 84.1. The lowest BCUT2D eigenvalue weighted by atomic mass is 10.0. The molecule has 0 radical (unpaired) electrons. The number of hydrogen-bond donors (Lipinski definition) is 0. The third-order valence-corrected chi connectivity index (χ3v) is 22.1. The summed E-state index contributed by atoms with van der Waals surface area (Å²) < 4.78 is 22.7. The number of carbonyl (C=O) groups is 6. The topological polar surface area (TPSA) is 152 Å². The number of amides is 2. The number of ether oxygens (including phenoxy) is 4. The van der Waals surface area contributed by atoms with Gasteiger partial charge in [-0.3, -0.25) is 28.8 Å². The minimum absolute atomic E-state index is 0.00959. The first kappa shape index (κ1) is 107. The van der Waals surface area contributed by atoms with E-state index in [0.717, 1.165) is 231 Å². The molecule has 0 aliphatic rings. The largest absolute Gasteiger partial charge is 0.462 e. The first-order valence-electron chi connectivity index (χ1n) is 45.8. The fourth-order valence-corrected chi connectivity index (χ4v) is 15.3. The zero-order chi connectivity index (χ0) is 79.5. The van der Waals surface area contributed by atoms with Gasteiger partial charge in [0.15, 0.2) is 0 Å². The highest BCUT2D eigenvalue weighted by Crippen LogP contribution is 2.23. The second-order valence-electron chi connectivity index (χ2n) is 31.6. The monoisotopic (exact) mass is 1560 g/mol. The van der Waals surface area contributed by atoms with Gasteiger partial charge in [-0.05, 0) is 157 Å². The third kappa shape index (κ3) is 81.0. The average molecular weight is 1560 g/mol. The first-order chi connectivity index (χ1) is 52.7. The van der Waals surface area contributed by atoms with Gasteiger partial charge in [0.2, 0.25) is 0 Å². The predicted molar refractivity (Wildman–Crippen MR) is 467 cm³/mol. The van der Waals surface area contributed by atoms with Crippen molar-refractivity contribution in [2.75, 3.05) is 92.2 Å². The van der Waals surface area contributed by atoms with Gasteiger partial charge >= 0.3 is 23.9 Å². The van der Waals surface area contributed by atoms with Crippen molar-refractivity contribution in [1.29, 1.82) is 0 Å². The summed E-state index contributed by atoms with van der Waals surface area (Å²) in [5.41, 5.74) is 0. The Balaban J connectivity index is 0. The minimum Gasteiger partial charge on any atom is -0.462 e. The molecule has 0 aromatic carbocycles. The highest BCUT2D eigenvalue weighted by molar-refractivity contribution is 8.13. The number of rotatable bonds is 80. The van der Waals surface area contributed by atoms with Gasteiger partial charge in [0, 0.05) is 76.5 Å². The van der Waals surface area contributed by atoms with E-state index in [2.05, 4.69) is 73.3 Å². The van der Waals surface area contributed by atoms with Crippen LogP contribution in [0.25, 0.3) is 0 Å². The van der Waals surface area contributed by atoms with Crippen LogP contribution in [-0.2, 0) is 38.1 Å². The maximum absolute atomic E-state index is 13.1. The van der Waals surface area contributed by atoms with Gasteiger partial charge in [0.05, 0.1) is 0 Å². The van der Waals surface area contributed by atoms with Crippen molar-refractivity contribution in [1.82, 2.24) is 19.6 Å². The van der Waals surface area contributed by atoms with Gasteiger partial charge in [0.1, 0.15) is 25.4 Å². The van der Waals surface area contributed by atoms with E-state index in [1.54, 1.807) is 0 Å². The molecular weight excluding hydrogens is 1390 g/mol. The lowest BCUT2D eigenvalue weighted by molar-refractivity contribution is -0.151. The molecule has 0 aliphatic heterocycles. The number of nitrogens with zero attached hydrogens (tertiary/aromatic N) is 4. The Morgan fingerprint density at radius 2 is 0.500 bits per heavy atom. The third-order valence-electron chi connectivity index (χ3n) is 20.4. The minimum atomic E-state index is -0.104. The molecule has 0 rings (SSSR count). The second kappa shape index (κ2) is 86.3. The van der Waals surface area contributed by atoms with Crippen LogP contribution in [0.3, 0.4) is 0 Å². The van der Waals surface area contributed by atoms with Gasteiger partial charge in [-0.25, -0.2) is 0 Å². The first-order valence-corrected chi connectivity index (χ1v) is 47.8. The van der Waals surface area contributed by atoms with Crippen LogP contribution in [0, 0.1) is 0 Å². The van der Waals surface area contributed by atoms with Crippen molar-refractivity contribution < 1.29 is 47.7 Å². The molecule has 0 saturated heterocycles. The van der Waals surface area contributed by atoms with Gasteiger partial charge in [-0.2, -0.15) is 0 Å². The summed E-state index contributed by atoms with van der Waals surface area (Å²) in [5.74, 6) is 1.38. The molecule has 0 saturated carbocycles. The second-order valence-corrected chi connectivity index (χ2v) is 33.7. The van der Waals surface area contributed by atoms with E-state index in [1.807, 2.05) is 40.3 Å². The molecule has 0 unspecified atom stereocenters. The van der Waals surface area contributed by atoms with Crippen LogP contribution >= 0.6 is 23.5 Å². The summed E-state index contributed by atoms with van der Waals surface area (Å²) >= 11 is 2.87. The summed E-state index contributed by atoms with van der Waals surface area (Å²) in [7, 11) is 8.17. The number of allylic oxidation sites excluding steroid dienone is 2. The van der Waals surface area contributed by atoms with Crippen molar-refractivity contribution in [3.8, 4) is 0 Å². The molecule has 2 amide bonds. The normalized spacial score (nSPS) is 11.6. The fourth-order valence-electron chi connectivity index (χ4n) is 13.3. The quantitative estimate of drug-likeness (QED) is 0.0246. The maximum atomic E-state index is 13.1. The van der Waals surface area contributed by atoms with E-state index in [4.69, 9.17) is 18.9 Å². The lowest BCUT2D eigenvalue weighted by Gasteiger charge is -2.22. The summed E-state index contributed by atoms with van der Waals surface area (Å²) in [6, 6.07) is 0. The zero-order valence-corrected chi connectivity index (χ0v) is 74.3. The molecule has 0 fully saturated rings. The molecule has 0 N–H and O–H groups in total. The summed E-state index contributed by atoms with van der Waals surface area (Å²) in [5, 5.41) is 0.386. The lowest BCUT2D eigenvalue weighted by Crippen LogP contribution is -2.30. The summed E-state index contributed by atoms with van der Waals surface area (Å²) in [6.07, 6.45) is 74.5. The number of hydrogen-bond acceptors (Lipinski definition) is 14. The van der Waals surface area contributed by atoms with E-state index < -0.39 is 0 Å². The molecule has 0 spiro atoms. The van der Waals surface area contributed by atoms with Crippen LogP contribution in [-0.4, -0.2) is 158 Å². The Labute approximate surface area is 676 Å². The van der Waals surface area contributed by atoms with Crippen LogP contribution in [0.4, 0.5) is 9.59 Å². The zero-order valence-electron chi connectivity index (χ0n) is 72.6. The number of carbonyl (C=O) groups excluding carboxylic acids is 6. The molecule has 14 nitrogen and oxygen atoms in total. The van der Waals surface area contributed by atoms with E-state index in [1.165, 1.54) is 203 Å². The van der Waals surface area contributed by atoms with Gasteiger partial charge in [-0.1, -0.05) is 321 Å². The van der Waals surface area contributed by atoms with Crippen molar-refractivity contribution in [2.24, 2.45) is 0 Å². The fraction of sp³-hybridized carbons (Fsp3) is 0.891. The van der Waals surface area contributed by atoms with Crippen molar-refractivity contribution >= 4 is 57.9 Å². The maximum Gasteiger partial charge on any atom is 0.306 e. The van der Waals surface area contributed by atoms with E-state index in [-0.39, 0.29) is 46.6 Å². The van der Waals surface area contributed by atoms with Gasteiger partial charge < -0.3 is 38.5 Å². The van der Waals surface area contributed by atoms with Crippen LogP contribution in [0.1, 0.15) is 427 Å². The molecule has 108 heavy (non-hydrogen) atoms. The number of esters is 4. The number of unbranched alkanes of at least 4 members (excludes halogenated alkanes) is 42. The van der Waals surface area contributed by atoms with Crippen molar-refractivity contribution in [2.45, 2.75) is 439 Å². The standard InChI is InChI=1S/C47H90N2O5S.C45H86N2O5S/c1-6-9-12-15-18-27-34-42-53-45(50)37-30-23-19-25-32-39-49(47(52)55-43-41-48(4)5)40-33-26-20-24-31-38-46(51)54-44(35-28-21-16-13-10-7-2)36-29-22-17-14-11-8-3;1-6-9-12-15-16-25-32-40-51-43(48)35-28-21-17-23-30-37-47(45(50)53-41-39-46(4)5)38-31-24-18-22-29-36-44(49)52-42(33-26-19-13-10-7-2)34-27-20-14-11-8-3/h27,34,44H,6-26,28-33,35-43H2,1-5H3;25,32,42H,6-24,26-31,33-41H2,1-5H3/b34-27-;32-25-. The molecule has 0 aliphatic carbocycles. The summed E-state index contributed by atoms with van der Waals surface area (Å²) in [6.45, 7) is 19.2. The molecule has 0 atom stereocenters. The number of thioether (sulfide) groups is 2.